The van der Waals surface area contributed by atoms with Crippen LogP contribution in [-0.4, -0.2) is 26.5 Å². The number of hydrogen-bond donors (Lipinski definition) is 1. The first kappa shape index (κ1) is 13.6. The maximum absolute atomic E-state index is 5.62. The van der Waals surface area contributed by atoms with Gasteiger partial charge in [0.1, 0.15) is 11.5 Å². The van der Waals surface area contributed by atoms with Gasteiger partial charge in [-0.05, 0) is 49.4 Å². The fraction of sp³-hybridized carbons (Fsp3) is 0.571. The number of nitrogens with two attached hydrogens (primary N) is 1. The van der Waals surface area contributed by atoms with Gasteiger partial charge < -0.3 is 15.2 Å². The number of methoxy groups -OCH3 is 2. The predicted octanol–water partition coefficient (Wildman–Crippen LogP) is 2.71. The summed E-state index contributed by atoms with van der Waals surface area (Å²) in [5, 5.41) is 0. The van der Waals surface area contributed by atoms with E-state index in [-0.39, 0.29) is 0 Å². The highest BCUT2D eigenvalue weighted by Crippen LogP contribution is 2.40. The Morgan fingerprint density at radius 2 is 1.94 bits per heavy atom. The molecule has 2 rings (SSSR count). The molecule has 0 saturated heterocycles. The van der Waals surface area contributed by atoms with E-state index < -0.39 is 0 Å². The van der Waals surface area contributed by atoms with Crippen molar-refractivity contribution in [1.29, 1.82) is 0 Å². The van der Waals surface area contributed by atoms with Gasteiger partial charge in [0.05, 0.1) is 19.1 Å². The molecule has 3 nitrogen and oxygen atoms in total. The monoisotopic (exact) mass is 267 g/mol. The van der Waals surface area contributed by atoms with Crippen LogP contribution in [0.5, 0.6) is 11.5 Å². The van der Waals surface area contributed by atoms with E-state index in [2.05, 4.69) is 12.1 Å². The molecule has 1 aliphatic rings. The molecule has 0 spiro atoms. The van der Waals surface area contributed by atoms with Crippen LogP contribution >= 0.6 is 11.8 Å². The van der Waals surface area contributed by atoms with Crippen LogP contribution in [0, 0.1) is 5.92 Å². The standard InChI is InChI=1S/C14H21NO2S/c1-16-12-8-14(18-9-10-3-4-10)13(17-2)7-11(12)5-6-15/h7-8,10H,3-6,9,15H2,1-2H3. The summed E-state index contributed by atoms with van der Waals surface area (Å²) in [6.45, 7) is 0.619. The molecule has 0 heterocycles. The normalized spacial score (nSPS) is 14.6. The van der Waals surface area contributed by atoms with Crippen LogP contribution in [0.25, 0.3) is 0 Å². The lowest BCUT2D eigenvalue weighted by atomic mass is 10.1. The third-order valence-electron chi connectivity index (χ3n) is 3.15. The molecule has 1 saturated carbocycles. The summed E-state index contributed by atoms with van der Waals surface area (Å²) in [4.78, 5) is 1.17. The molecule has 1 aliphatic carbocycles. The van der Waals surface area contributed by atoms with Crippen LogP contribution in [0.4, 0.5) is 0 Å². The van der Waals surface area contributed by atoms with E-state index in [4.69, 9.17) is 15.2 Å². The van der Waals surface area contributed by atoms with E-state index in [0.717, 1.165) is 29.4 Å². The van der Waals surface area contributed by atoms with Crippen molar-refractivity contribution < 1.29 is 9.47 Å². The Hall–Kier alpha value is -0.870. The number of hydrogen-bond acceptors (Lipinski definition) is 4. The van der Waals surface area contributed by atoms with Crippen molar-refractivity contribution in [3.05, 3.63) is 17.7 Å². The predicted molar refractivity (Wildman–Crippen MR) is 75.8 cm³/mol. The van der Waals surface area contributed by atoms with Gasteiger partial charge in [-0.15, -0.1) is 11.8 Å². The Morgan fingerprint density at radius 1 is 1.22 bits per heavy atom. The molecule has 2 N–H and O–H groups in total. The molecule has 0 amide bonds. The molecule has 0 aromatic heterocycles. The fourth-order valence-corrected chi connectivity index (χ4v) is 3.11. The molecule has 1 fully saturated rings. The number of ether oxygens (including phenoxy) is 2. The first-order chi connectivity index (χ1) is 8.78. The van der Waals surface area contributed by atoms with Gasteiger partial charge >= 0.3 is 0 Å². The molecule has 18 heavy (non-hydrogen) atoms. The Balaban J connectivity index is 2.19. The van der Waals surface area contributed by atoms with Crippen molar-refractivity contribution in [2.45, 2.75) is 24.2 Å². The van der Waals surface area contributed by atoms with Crippen LogP contribution in [0.2, 0.25) is 0 Å². The molecule has 1 aromatic rings. The molecule has 0 unspecified atom stereocenters. The van der Waals surface area contributed by atoms with Crippen molar-refractivity contribution in [3.8, 4) is 11.5 Å². The highest BCUT2D eigenvalue weighted by atomic mass is 32.2. The van der Waals surface area contributed by atoms with Crippen LogP contribution in [0.15, 0.2) is 17.0 Å². The van der Waals surface area contributed by atoms with E-state index in [1.807, 2.05) is 11.8 Å². The minimum absolute atomic E-state index is 0.619. The van der Waals surface area contributed by atoms with Gasteiger partial charge in [0.2, 0.25) is 0 Å². The zero-order valence-electron chi connectivity index (χ0n) is 11.1. The number of benzene rings is 1. The maximum Gasteiger partial charge on any atom is 0.132 e. The zero-order valence-corrected chi connectivity index (χ0v) is 11.9. The fourth-order valence-electron chi connectivity index (χ4n) is 1.89. The van der Waals surface area contributed by atoms with Crippen molar-refractivity contribution in [2.75, 3.05) is 26.5 Å². The van der Waals surface area contributed by atoms with Gasteiger partial charge in [0.15, 0.2) is 0 Å². The Kier molecular flexibility index (Phi) is 4.78. The topological polar surface area (TPSA) is 44.5 Å². The maximum atomic E-state index is 5.62. The second kappa shape index (κ2) is 6.34. The lowest BCUT2D eigenvalue weighted by molar-refractivity contribution is 0.390. The summed E-state index contributed by atoms with van der Waals surface area (Å²) in [7, 11) is 3.42. The quantitative estimate of drug-likeness (QED) is 0.772. The summed E-state index contributed by atoms with van der Waals surface area (Å²) in [6.07, 6.45) is 3.56. The van der Waals surface area contributed by atoms with Gasteiger partial charge in [-0.1, -0.05) is 0 Å². The third kappa shape index (κ3) is 3.33. The Labute approximate surface area is 113 Å². The number of thioether (sulfide) groups is 1. The van der Waals surface area contributed by atoms with E-state index in [0.29, 0.717) is 6.54 Å². The molecular formula is C14H21NO2S. The first-order valence-corrected chi connectivity index (χ1v) is 7.34. The second-order valence-electron chi connectivity index (χ2n) is 4.61. The summed E-state index contributed by atoms with van der Waals surface area (Å²) in [6, 6.07) is 4.14. The average Bonchev–Trinajstić information content (AvgIpc) is 3.21. The van der Waals surface area contributed by atoms with Gasteiger partial charge in [0, 0.05) is 5.75 Å². The van der Waals surface area contributed by atoms with E-state index >= 15 is 0 Å². The van der Waals surface area contributed by atoms with E-state index in [1.54, 1.807) is 14.2 Å². The van der Waals surface area contributed by atoms with E-state index in [9.17, 15) is 0 Å². The van der Waals surface area contributed by atoms with Crippen molar-refractivity contribution in [3.63, 3.8) is 0 Å². The largest absolute Gasteiger partial charge is 0.496 e. The van der Waals surface area contributed by atoms with Crippen LogP contribution in [0.3, 0.4) is 0 Å². The first-order valence-electron chi connectivity index (χ1n) is 6.36. The van der Waals surface area contributed by atoms with Gasteiger partial charge in [-0.3, -0.25) is 0 Å². The van der Waals surface area contributed by atoms with Gasteiger partial charge in [0.25, 0.3) is 0 Å². The van der Waals surface area contributed by atoms with E-state index in [1.165, 1.54) is 23.5 Å². The van der Waals surface area contributed by atoms with Gasteiger partial charge in [-0.2, -0.15) is 0 Å². The van der Waals surface area contributed by atoms with Crippen LogP contribution < -0.4 is 15.2 Å². The molecule has 1 aromatic carbocycles. The number of rotatable bonds is 7. The molecule has 0 atom stereocenters. The Morgan fingerprint density at radius 3 is 2.50 bits per heavy atom. The molecule has 4 heteroatoms. The smallest absolute Gasteiger partial charge is 0.132 e. The van der Waals surface area contributed by atoms with Crippen LogP contribution in [-0.2, 0) is 6.42 Å². The molecule has 100 valence electrons. The Bertz CT molecular complexity index is 405. The molecule has 0 radical (unpaired) electrons. The highest BCUT2D eigenvalue weighted by Gasteiger charge is 2.22. The minimum atomic E-state index is 0.619. The summed E-state index contributed by atoms with van der Waals surface area (Å²) in [5.41, 5.74) is 6.74. The van der Waals surface area contributed by atoms with Crippen molar-refractivity contribution >= 4 is 11.8 Å². The highest BCUT2D eigenvalue weighted by molar-refractivity contribution is 7.99. The van der Waals surface area contributed by atoms with Crippen LogP contribution in [0.1, 0.15) is 18.4 Å². The summed E-state index contributed by atoms with van der Waals surface area (Å²) >= 11 is 1.86. The third-order valence-corrected chi connectivity index (χ3v) is 4.42. The van der Waals surface area contributed by atoms with Gasteiger partial charge in [-0.25, -0.2) is 0 Å². The SMILES string of the molecule is COc1cc(SCC2CC2)c(OC)cc1CCN. The second-order valence-corrected chi connectivity index (χ2v) is 5.67. The molecule has 0 aliphatic heterocycles. The zero-order chi connectivity index (χ0) is 13.0. The summed E-state index contributed by atoms with van der Waals surface area (Å²) < 4.78 is 10.9. The average molecular weight is 267 g/mol. The molecular weight excluding hydrogens is 246 g/mol. The minimum Gasteiger partial charge on any atom is -0.496 e. The lowest BCUT2D eigenvalue weighted by Gasteiger charge is -2.14. The van der Waals surface area contributed by atoms with Crippen molar-refractivity contribution in [1.82, 2.24) is 0 Å². The lowest BCUT2D eigenvalue weighted by Crippen LogP contribution is -2.05. The van der Waals surface area contributed by atoms with Crippen molar-refractivity contribution in [2.24, 2.45) is 11.7 Å². The summed E-state index contributed by atoms with van der Waals surface area (Å²) in [5.74, 6) is 3.93. The molecule has 0 bridgehead atoms.